The molecular weight excluding hydrogens is 318 g/mol. The van der Waals surface area contributed by atoms with E-state index in [2.05, 4.69) is 5.32 Å². The summed E-state index contributed by atoms with van der Waals surface area (Å²) in [6, 6.07) is 6.57. The molecule has 0 atom stereocenters. The molecule has 2 N–H and O–H groups in total. The second kappa shape index (κ2) is 10.1. The standard InChI is InChI=1S/C16H17NO2S.2C2H6/c1-10-15(13-4-2-3-5-14(13)20-10)16(19)17-11-6-8-12(18)9-7-11;2*1-2/h6-9,18H,2-5H2,1H3,(H,17,19);2*1-2H3. The van der Waals surface area contributed by atoms with Crippen LogP contribution in [0.1, 0.15) is 66.2 Å². The van der Waals surface area contributed by atoms with Crippen molar-refractivity contribution in [3.05, 3.63) is 45.1 Å². The molecule has 0 saturated carbocycles. The Morgan fingerprint density at radius 1 is 1.04 bits per heavy atom. The van der Waals surface area contributed by atoms with Crippen molar-refractivity contribution in [2.24, 2.45) is 0 Å². The number of phenols is 1. The number of hydrogen-bond acceptors (Lipinski definition) is 3. The van der Waals surface area contributed by atoms with Gasteiger partial charge in [0, 0.05) is 15.4 Å². The second-order valence-corrected chi connectivity index (χ2v) is 6.45. The van der Waals surface area contributed by atoms with Crippen LogP contribution in [0.3, 0.4) is 0 Å². The van der Waals surface area contributed by atoms with Crippen molar-refractivity contribution in [2.45, 2.75) is 60.3 Å². The summed E-state index contributed by atoms with van der Waals surface area (Å²) in [5.74, 6) is 0.166. The molecule has 2 aromatic rings. The lowest BCUT2D eigenvalue weighted by Gasteiger charge is -2.13. The van der Waals surface area contributed by atoms with E-state index in [4.69, 9.17) is 0 Å². The van der Waals surface area contributed by atoms with Crippen LogP contribution in [0.4, 0.5) is 5.69 Å². The van der Waals surface area contributed by atoms with Crippen LogP contribution in [0.25, 0.3) is 0 Å². The monoisotopic (exact) mass is 347 g/mol. The van der Waals surface area contributed by atoms with Crippen molar-refractivity contribution in [1.29, 1.82) is 0 Å². The summed E-state index contributed by atoms with van der Waals surface area (Å²) in [7, 11) is 0. The summed E-state index contributed by atoms with van der Waals surface area (Å²) in [6.45, 7) is 10.0. The molecule has 132 valence electrons. The summed E-state index contributed by atoms with van der Waals surface area (Å²) in [6.07, 6.45) is 4.51. The SMILES string of the molecule is CC.CC.Cc1sc2c(c1C(=O)Nc1ccc(O)cc1)CCCC2. The highest BCUT2D eigenvalue weighted by atomic mass is 32.1. The molecule has 1 aromatic carbocycles. The van der Waals surface area contributed by atoms with Crippen LogP contribution in [0.5, 0.6) is 5.75 Å². The van der Waals surface area contributed by atoms with Gasteiger partial charge in [-0.05, 0) is 62.4 Å². The van der Waals surface area contributed by atoms with Crippen molar-refractivity contribution < 1.29 is 9.90 Å². The van der Waals surface area contributed by atoms with Crippen LogP contribution < -0.4 is 5.32 Å². The van der Waals surface area contributed by atoms with Gasteiger partial charge in [-0.3, -0.25) is 4.79 Å². The predicted molar refractivity (Wildman–Crippen MR) is 104 cm³/mol. The minimum Gasteiger partial charge on any atom is -0.508 e. The van der Waals surface area contributed by atoms with Gasteiger partial charge in [-0.15, -0.1) is 11.3 Å². The van der Waals surface area contributed by atoms with Crippen molar-refractivity contribution in [3.63, 3.8) is 0 Å². The first kappa shape index (κ1) is 20.2. The predicted octanol–water partition coefficient (Wildman–Crippen LogP) is 5.95. The first-order valence-electron chi connectivity index (χ1n) is 8.86. The second-order valence-electron chi connectivity index (χ2n) is 5.14. The van der Waals surface area contributed by atoms with Gasteiger partial charge in [0.25, 0.3) is 5.91 Å². The Balaban J connectivity index is 0.000000671. The molecule has 0 radical (unpaired) electrons. The van der Waals surface area contributed by atoms with E-state index in [-0.39, 0.29) is 11.7 Å². The Hall–Kier alpha value is -1.81. The molecule has 1 aliphatic rings. The van der Waals surface area contributed by atoms with E-state index in [1.807, 2.05) is 34.6 Å². The molecule has 0 unspecified atom stereocenters. The molecule has 1 aliphatic carbocycles. The largest absolute Gasteiger partial charge is 0.508 e. The lowest BCUT2D eigenvalue weighted by molar-refractivity contribution is 0.102. The molecule has 0 fully saturated rings. The highest BCUT2D eigenvalue weighted by Crippen LogP contribution is 2.34. The number of hydrogen-bond donors (Lipinski definition) is 2. The number of rotatable bonds is 2. The zero-order chi connectivity index (χ0) is 18.1. The molecule has 0 aliphatic heterocycles. The number of thiophene rings is 1. The van der Waals surface area contributed by atoms with Gasteiger partial charge in [-0.25, -0.2) is 0 Å². The van der Waals surface area contributed by atoms with Crippen LogP contribution in [-0.4, -0.2) is 11.0 Å². The van der Waals surface area contributed by atoms with Crippen LogP contribution in [0.2, 0.25) is 0 Å². The number of benzene rings is 1. The minimum atomic E-state index is -0.0346. The number of aryl methyl sites for hydroxylation is 2. The molecule has 3 rings (SSSR count). The normalized spacial score (nSPS) is 12.0. The van der Waals surface area contributed by atoms with Gasteiger partial charge in [0.05, 0.1) is 5.56 Å². The number of carbonyl (C=O) groups excluding carboxylic acids is 1. The van der Waals surface area contributed by atoms with Crippen LogP contribution in [0, 0.1) is 6.92 Å². The molecule has 24 heavy (non-hydrogen) atoms. The Morgan fingerprint density at radius 2 is 1.62 bits per heavy atom. The number of phenolic OH excluding ortho intramolecular Hbond substituents is 1. The Kier molecular flexibility index (Phi) is 8.55. The first-order chi connectivity index (χ1) is 11.6. The number of nitrogens with one attached hydrogen (secondary N) is 1. The maximum absolute atomic E-state index is 12.5. The van der Waals surface area contributed by atoms with E-state index in [1.165, 1.54) is 23.3 Å². The van der Waals surface area contributed by atoms with Crippen molar-refractivity contribution in [2.75, 3.05) is 5.32 Å². The molecule has 0 spiro atoms. The lowest BCUT2D eigenvalue weighted by Crippen LogP contribution is -2.15. The van der Waals surface area contributed by atoms with E-state index in [0.717, 1.165) is 23.3 Å². The Labute approximate surface area is 149 Å². The van der Waals surface area contributed by atoms with E-state index in [1.54, 1.807) is 35.6 Å². The van der Waals surface area contributed by atoms with Crippen LogP contribution in [-0.2, 0) is 12.8 Å². The maximum Gasteiger partial charge on any atom is 0.257 e. The van der Waals surface area contributed by atoms with E-state index >= 15 is 0 Å². The third kappa shape index (κ3) is 4.84. The molecule has 1 heterocycles. The maximum atomic E-state index is 12.5. The summed E-state index contributed by atoms with van der Waals surface area (Å²) in [5.41, 5.74) is 2.82. The average Bonchev–Trinajstić information content (AvgIpc) is 2.96. The lowest BCUT2D eigenvalue weighted by atomic mass is 9.94. The molecule has 1 amide bonds. The van der Waals surface area contributed by atoms with Crippen molar-refractivity contribution in [3.8, 4) is 5.75 Å². The van der Waals surface area contributed by atoms with Crippen molar-refractivity contribution >= 4 is 22.9 Å². The molecule has 1 aromatic heterocycles. The van der Waals surface area contributed by atoms with E-state index in [9.17, 15) is 9.90 Å². The summed E-state index contributed by atoms with van der Waals surface area (Å²) in [4.78, 5) is 15.0. The first-order valence-corrected chi connectivity index (χ1v) is 9.68. The third-order valence-corrected chi connectivity index (χ3v) is 4.91. The smallest absolute Gasteiger partial charge is 0.257 e. The Bertz CT molecular complexity index is 644. The number of fused-ring (bicyclic) bond motifs is 1. The van der Waals surface area contributed by atoms with Gasteiger partial charge in [0.2, 0.25) is 0 Å². The van der Waals surface area contributed by atoms with Gasteiger partial charge < -0.3 is 10.4 Å². The van der Waals surface area contributed by atoms with Crippen molar-refractivity contribution in [1.82, 2.24) is 0 Å². The molecule has 0 bridgehead atoms. The summed E-state index contributed by atoms with van der Waals surface area (Å²) in [5, 5.41) is 12.2. The van der Waals surface area contributed by atoms with Gasteiger partial charge >= 0.3 is 0 Å². The topological polar surface area (TPSA) is 49.3 Å². The molecule has 4 heteroatoms. The zero-order valence-electron chi connectivity index (χ0n) is 15.4. The molecule has 0 saturated heterocycles. The van der Waals surface area contributed by atoms with Gasteiger partial charge in [0.15, 0.2) is 0 Å². The fourth-order valence-corrected chi connectivity index (χ4v) is 4.00. The third-order valence-electron chi connectivity index (χ3n) is 3.70. The molecule has 3 nitrogen and oxygen atoms in total. The van der Waals surface area contributed by atoms with Gasteiger partial charge in [0.1, 0.15) is 5.75 Å². The summed E-state index contributed by atoms with van der Waals surface area (Å²) >= 11 is 1.76. The van der Waals surface area contributed by atoms with Gasteiger partial charge in [-0.1, -0.05) is 27.7 Å². The average molecular weight is 348 g/mol. The highest BCUT2D eigenvalue weighted by Gasteiger charge is 2.23. The Morgan fingerprint density at radius 3 is 2.25 bits per heavy atom. The quantitative estimate of drug-likeness (QED) is 0.660. The number of aromatic hydroxyl groups is 1. The van der Waals surface area contributed by atoms with Gasteiger partial charge in [-0.2, -0.15) is 0 Å². The number of carbonyl (C=O) groups is 1. The molecular formula is C20H29NO2S. The van der Waals surface area contributed by atoms with Crippen LogP contribution in [0.15, 0.2) is 24.3 Å². The van der Waals surface area contributed by atoms with E-state index < -0.39 is 0 Å². The van der Waals surface area contributed by atoms with Crippen LogP contribution >= 0.6 is 11.3 Å². The number of amides is 1. The zero-order valence-corrected chi connectivity index (χ0v) is 16.2. The minimum absolute atomic E-state index is 0.0346. The fourth-order valence-electron chi connectivity index (χ4n) is 2.74. The highest BCUT2D eigenvalue weighted by molar-refractivity contribution is 7.12. The number of anilines is 1. The fraction of sp³-hybridized carbons (Fsp3) is 0.450. The summed E-state index contributed by atoms with van der Waals surface area (Å²) < 4.78 is 0. The van der Waals surface area contributed by atoms with E-state index in [0.29, 0.717) is 5.69 Å².